The van der Waals surface area contributed by atoms with E-state index in [1.54, 1.807) is 0 Å². The number of carbonyl (C=O) groups is 1. The van der Waals surface area contributed by atoms with Gasteiger partial charge in [-0.15, -0.1) is 0 Å². The molecule has 2 heterocycles. The molecule has 88 valence electrons. The van der Waals surface area contributed by atoms with Crippen LogP contribution < -0.4 is 0 Å². The van der Waals surface area contributed by atoms with Gasteiger partial charge in [0.2, 0.25) is 0 Å². The Labute approximate surface area is 101 Å². The SMILES string of the molecule is C[C@@]12C[C@H]3CCC[C@]3(O1)C(=O)c1ccccc12. The molecule has 0 unspecified atom stereocenters. The zero-order chi connectivity index (χ0) is 11.7. The number of fused-ring (bicyclic) bond motifs is 3. The third-order valence-electron chi connectivity index (χ3n) is 4.93. The van der Waals surface area contributed by atoms with E-state index in [4.69, 9.17) is 4.74 Å². The van der Waals surface area contributed by atoms with Gasteiger partial charge in [0.25, 0.3) is 0 Å². The molecule has 2 aliphatic heterocycles. The summed E-state index contributed by atoms with van der Waals surface area (Å²) in [6.45, 7) is 2.15. The molecular weight excluding hydrogens is 212 g/mol. The number of hydrogen-bond donors (Lipinski definition) is 0. The van der Waals surface area contributed by atoms with Crippen molar-refractivity contribution < 1.29 is 9.53 Å². The molecule has 1 aromatic rings. The average molecular weight is 228 g/mol. The first-order valence-electron chi connectivity index (χ1n) is 6.50. The Kier molecular flexibility index (Phi) is 1.62. The van der Waals surface area contributed by atoms with Crippen molar-refractivity contribution in [2.24, 2.45) is 5.92 Å². The standard InChI is InChI=1S/C15H16O2/c1-14-9-10-5-4-8-15(10,17-14)13(16)11-6-2-3-7-12(11)14/h2-3,6-7,10H,4-5,8-9H2,1H3/t10-,14+,15-/m1/s1. The van der Waals surface area contributed by atoms with Crippen molar-refractivity contribution in [2.45, 2.75) is 43.8 Å². The van der Waals surface area contributed by atoms with Crippen molar-refractivity contribution in [2.75, 3.05) is 0 Å². The minimum absolute atomic E-state index is 0.227. The Morgan fingerprint density at radius 2 is 2.18 bits per heavy atom. The number of rotatable bonds is 0. The van der Waals surface area contributed by atoms with Gasteiger partial charge in [0.1, 0.15) is 5.60 Å². The van der Waals surface area contributed by atoms with E-state index < -0.39 is 5.60 Å². The fourth-order valence-electron chi connectivity index (χ4n) is 4.24. The summed E-state index contributed by atoms with van der Waals surface area (Å²) in [5.74, 6) is 0.679. The molecule has 3 aliphatic rings. The summed E-state index contributed by atoms with van der Waals surface area (Å²) in [6, 6.07) is 8.00. The Morgan fingerprint density at radius 1 is 1.35 bits per heavy atom. The number of hydrogen-bond acceptors (Lipinski definition) is 2. The summed E-state index contributed by atoms with van der Waals surface area (Å²) >= 11 is 0. The van der Waals surface area contributed by atoms with Crippen LogP contribution in [-0.4, -0.2) is 11.4 Å². The minimum atomic E-state index is -0.469. The van der Waals surface area contributed by atoms with Crippen molar-refractivity contribution in [1.82, 2.24) is 0 Å². The van der Waals surface area contributed by atoms with E-state index in [1.807, 2.05) is 18.2 Å². The van der Waals surface area contributed by atoms with Crippen LogP contribution in [0.5, 0.6) is 0 Å². The normalized spacial score (nSPS) is 42.4. The van der Waals surface area contributed by atoms with E-state index in [0.29, 0.717) is 5.92 Å². The molecule has 0 N–H and O–H groups in total. The van der Waals surface area contributed by atoms with Gasteiger partial charge in [-0.1, -0.05) is 24.3 Å². The summed E-state index contributed by atoms with van der Waals surface area (Å²) in [5.41, 5.74) is 1.31. The second-order valence-electron chi connectivity index (χ2n) is 5.89. The maximum Gasteiger partial charge on any atom is 0.195 e. The monoisotopic (exact) mass is 228 g/mol. The molecule has 2 bridgehead atoms. The molecule has 1 aliphatic carbocycles. The number of Topliss-reactive ketones (excluding diaryl/α,β-unsaturated/α-hetero) is 1. The number of benzene rings is 1. The highest BCUT2D eigenvalue weighted by Gasteiger charge is 2.64. The number of ketones is 1. The lowest BCUT2D eigenvalue weighted by atomic mass is 9.84. The van der Waals surface area contributed by atoms with Gasteiger partial charge in [0.15, 0.2) is 5.78 Å². The molecule has 1 saturated heterocycles. The van der Waals surface area contributed by atoms with Crippen LogP contribution in [0.3, 0.4) is 0 Å². The fraction of sp³-hybridized carbons (Fsp3) is 0.533. The smallest absolute Gasteiger partial charge is 0.195 e. The molecule has 1 spiro atoms. The topological polar surface area (TPSA) is 26.3 Å². The Hall–Kier alpha value is -1.15. The zero-order valence-electron chi connectivity index (χ0n) is 10.0. The lowest BCUT2D eigenvalue weighted by Gasteiger charge is -2.38. The molecule has 1 aromatic carbocycles. The molecule has 0 aromatic heterocycles. The molecular formula is C15H16O2. The predicted molar refractivity (Wildman–Crippen MR) is 63.9 cm³/mol. The summed E-state index contributed by atoms with van der Waals surface area (Å²) < 4.78 is 6.29. The van der Waals surface area contributed by atoms with Gasteiger partial charge in [0.05, 0.1) is 5.60 Å². The maximum absolute atomic E-state index is 12.7. The summed E-state index contributed by atoms with van der Waals surface area (Å²) in [6.07, 6.45) is 4.21. The van der Waals surface area contributed by atoms with Gasteiger partial charge in [-0.3, -0.25) is 4.79 Å². The highest BCUT2D eigenvalue weighted by Crippen LogP contribution is 2.60. The van der Waals surface area contributed by atoms with Crippen LogP contribution in [0.1, 0.15) is 48.5 Å². The second-order valence-corrected chi connectivity index (χ2v) is 5.89. The second kappa shape index (κ2) is 2.81. The van der Waals surface area contributed by atoms with E-state index in [1.165, 1.54) is 0 Å². The highest BCUT2D eigenvalue weighted by atomic mass is 16.5. The average Bonchev–Trinajstić information content (AvgIpc) is 2.80. The van der Waals surface area contributed by atoms with Crippen molar-refractivity contribution in [1.29, 1.82) is 0 Å². The van der Waals surface area contributed by atoms with Crippen LogP contribution in [0.2, 0.25) is 0 Å². The molecule has 17 heavy (non-hydrogen) atoms. The number of carbonyl (C=O) groups excluding carboxylic acids is 1. The highest BCUT2D eigenvalue weighted by molar-refractivity contribution is 6.06. The lowest BCUT2D eigenvalue weighted by Crippen LogP contribution is -2.46. The quantitative estimate of drug-likeness (QED) is 0.682. The third-order valence-corrected chi connectivity index (χ3v) is 4.93. The number of ether oxygens (including phenoxy) is 1. The molecule has 2 heteroatoms. The fourth-order valence-corrected chi connectivity index (χ4v) is 4.24. The van der Waals surface area contributed by atoms with Gasteiger partial charge in [-0.2, -0.15) is 0 Å². The largest absolute Gasteiger partial charge is 0.356 e. The van der Waals surface area contributed by atoms with Crippen molar-refractivity contribution in [3.63, 3.8) is 0 Å². The van der Waals surface area contributed by atoms with E-state index in [2.05, 4.69) is 13.0 Å². The van der Waals surface area contributed by atoms with E-state index in [0.717, 1.165) is 36.8 Å². The molecule has 2 fully saturated rings. The van der Waals surface area contributed by atoms with E-state index in [-0.39, 0.29) is 11.4 Å². The molecule has 0 radical (unpaired) electrons. The van der Waals surface area contributed by atoms with E-state index in [9.17, 15) is 4.79 Å². The first kappa shape index (κ1) is 9.84. The van der Waals surface area contributed by atoms with Gasteiger partial charge >= 0.3 is 0 Å². The maximum atomic E-state index is 12.7. The van der Waals surface area contributed by atoms with E-state index >= 15 is 0 Å². The van der Waals surface area contributed by atoms with Crippen LogP contribution in [0.25, 0.3) is 0 Å². The van der Waals surface area contributed by atoms with Crippen molar-refractivity contribution in [3.8, 4) is 0 Å². The summed E-state index contributed by atoms with van der Waals surface area (Å²) in [5, 5.41) is 0. The van der Waals surface area contributed by atoms with Gasteiger partial charge < -0.3 is 4.74 Å². The zero-order valence-corrected chi connectivity index (χ0v) is 10.0. The van der Waals surface area contributed by atoms with Gasteiger partial charge in [-0.25, -0.2) is 0 Å². The van der Waals surface area contributed by atoms with Crippen LogP contribution in [-0.2, 0) is 10.3 Å². The minimum Gasteiger partial charge on any atom is -0.356 e. The van der Waals surface area contributed by atoms with Crippen LogP contribution >= 0.6 is 0 Å². The Morgan fingerprint density at radius 3 is 3.06 bits per heavy atom. The Bertz CT molecular complexity index is 521. The summed E-state index contributed by atoms with van der Waals surface area (Å²) in [4.78, 5) is 12.7. The van der Waals surface area contributed by atoms with Crippen LogP contribution in [0.4, 0.5) is 0 Å². The first-order chi connectivity index (χ1) is 8.16. The predicted octanol–water partition coefficient (Wildman–Crippen LogP) is 3.06. The molecule has 3 atom stereocenters. The van der Waals surface area contributed by atoms with Crippen molar-refractivity contribution >= 4 is 5.78 Å². The Balaban J connectivity index is 2.00. The lowest BCUT2D eigenvalue weighted by molar-refractivity contribution is -0.0896. The van der Waals surface area contributed by atoms with Gasteiger partial charge in [-0.05, 0) is 44.1 Å². The van der Waals surface area contributed by atoms with Crippen LogP contribution in [0, 0.1) is 5.92 Å². The molecule has 0 amide bonds. The first-order valence-corrected chi connectivity index (χ1v) is 6.50. The third kappa shape index (κ3) is 0.987. The van der Waals surface area contributed by atoms with Crippen molar-refractivity contribution in [3.05, 3.63) is 35.4 Å². The molecule has 2 nitrogen and oxygen atoms in total. The summed E-state index contributed by atoms with van der Waals surface area (Å²) in [7, 11) is 0. The van der Waals surface area contributed by atoms with Gasteiger partial charge in [0, 0.05) is 5.56 Å². The molecule has 4 rings (SSSR count). The molecule has 1 saturated carbocycles. The van der Waals surface area contributed by atoms with Crippen LogP contribution in [0.15, 0.2) is 24.3 Å².